The molecule has 25 heavy (non-hydrogen) atoms. The van der Waals surface area contributed by atoms with Crippen LogP contribution >= 0.6 is 11.3 Å². The number of nitrogens with one attached hydrogen (secondary N) is 1. The van der Waals surface area contributed by atoms with Gasteiger partial charge in [0.25, 0.3) is 10.0 Å². The summed E-state index contributed by atoms with van der Waals surface area (Å²) >= 11 is 1.24. The number of sulfonamides is 1. The number of hydrogen-bond acceptors (Lipinski definition) is 4. The average molecular weight is 387 g/mol. The molecule has 0 aliphatic carbocycles. The van der Waals surface area contributed by atoms with E-state index in [2.05, 4.69) is 19.2 Å². The number of unbranched alkanes of at least 4 members (excludes halogenated alkanes) is 3. The van der Waals surface area contributed by atoms with E-state index in [9.17, 15) is 13.2 Å². The van der Waals surface area contributed by atoms with Gasteiger partial charge in [-0.05, 0) is 37.6 Å². The molecule has 0 aromatic carbocycles. The van der Waals surface area contributed by atoms with Crippen molar-refractivity contribution >= 4 is 27.3 Å². The minimum atomic E-state index is -3.39. The average Bonchev–Trinajstić information content (AvgIpc) is 3.14. The van der Waals surface area contributed by atoms with Crippen LogP contribution in [0.15, 0.2) is 21.7 Å². The summed E-state index contributed by atoms with van der Waals surface area (Å²) in [6.07, 6.45) is 7.03. The van der Waals surface area contributed by atoms with Gasteiger partial charge in [-0.2, -0.15) is 4.31 Å². The molecule has 142 valence electrons. The van der Waals surface area contributed by atoms with E-state index in [1.165, 1.54) is 34.9 Å². The van der Waals surface area contributed by atoms with E-state index in [4.69, 9.17) is 0 Å². The van der Waals surface area contributed by atoms with Crippen LogP contribution in [0, 0.1) is 5.92 Å². The molecule has 1 amide bonds. The standard InChI is InChI=1S/C18H30N2O3S2/c1-3-4-5-6-8-15(2)19-18(21)16-10-12-20(13-11-16)25(22,23)17-9-7-14-24-17/h7,9,14-16H,3-6,8,10-13H2,1-2H3,(H,19,21). The summed E-state index contributed by atoms with van der Waals surface area (Å²) in [4.78, 5) is 12.4. The number of piperidine rings is 1. The molecule has 1 N–H and O–H groups in total. The van der Waals surface area contributed by atoms with Crippen molar-refractivity contribution < 1.29 is 13.2 Å². The molecule has 1 saturated heterocycles. The van der Waals surface area contributed by atoms with Gasteiger partial charge in [0, 0.05) is 25.0 Å². The first kappa shape index (κ1) is 20.4. The van der Waals surface area contributed by atoms with Gasteiger partial charge >= 0.3 is 0 Å². The molecular formula is C18H30N2O3S2. The van der Waals surface area contributed by atoms with Crippen LogP contribution in [-0.4, -0.2) is 37.8 Å². The van der Waals surface area contributed by atoms with Crippen LogP contribution in [0.5, 0.6) is 0 Å². The first-order valence-electron chi connectivity index (χ1n) is 9.29. The summed E-state index contributed by atoms with van der Waals surface area (Å²) in [5.74, 6) is 0.00374. The summed E-state index contributed by atoms with van der Waals surface area (Å²) in [6, 6.07) is 3.58. The highest BCUT2D eigenvalue weighted by atomic mass is 32.2. The van der Waals surface area contributed by atoms with Gasteiger partial charge in [-0.1, -0.05) is 38.7 Å². The molecule has 1 aromatic rings. The molecule has 0 bridgehead atoms. The predicted octanol–water partition coefficient (Wildman–Crippen LogP) is 3.62. The molecule has 1 unspecified atom stereocenters. The molecule has 7 heteroatoms. The second-order valence-corrected chi connectivity index (χ2v) is 9.98. The number of hydrogen-bond donors (Lipinski definition) is 1. The molecule has 0 radical (unpaired) electrons. The smallest absolute Gasteiger partial charge is 0.252 e. The van der Waals surface area contributed by atoms with Crippen molar-refractivity contribution in [2.45, 2.75) is 69.0 Å². The number of carbonyl (C=O) groups is 1. The van der Waals surface area contributed by atoms with Crippen LogP contribution in [0.4, 0.5) is 0 Å². The van der Waals surface area contributed by atoms with Crippen molar-refractivity contribution in [3.05, 3.63) is 17.5 Å². The lowest BCUT2D eigenvalue weighted by molar-refractivity contribution is -0.126. The van der Waals surface area contributed by atoms with E-state index < -0.39 is 10.0 Å². The van der Waals surface area contributed by atoms with Crippen LogP contribution < -0.4 is 5.32 Å². The minimum Gasteiger partial charge on any atom is -0.353 e. The summed E-state index contributed by atoms with van der Waals surface area (Å²) < 4.78 is 26.9. The molecule has 0 saturated carbocycles. The van der Waals surface area contributed by atoms with Gasteiger partial charge in [0.15, 0.2) is 0 Å². The maximum Gasteiger partial charge on any atom is 0.252 e. The Labute approximate surface area is 155 Å². The molecule has 5 nitrogen and oxygen atoms in total. The van der Waals surface area contributed by atoms with Crippen LogP contribution in [-0.2, 0) is 14.8 Å². The van der Waals surface area contributed by atoms with Crippen LogP contribution in [0.1, 0.15) is 58.8 Å². The summed E-state index contributed by atoms with van der Waals surface area (Å²) in [5, 5.41) is 4.88. The third-order valence-corrected chi connectivity index (χ3v) is 8.06. The Kier molecular flexibility index (Phi) is 7.90. The van der Waals surface area contributed by atoms with E-state index in [0.29, 0.717) is 30.1 Å². The normalized spacial score (nSPS) is 18.2. The Morgan fingerprint density at radius 3 is 2.64 bits per heavy atom. The third kappa shape index (κ3) is 5.79. The fourth-order valence-corrected chi connectivity index (χ4v) is 5.82. The van der Waals surface area contributed by atoms with Crippen LogP contribution in [0.3, 0.4) is 0 Å². The monoisotopic (exact) mass is 386 g/mol. The Balaban J connectivity index is 1.77. The van der Waals surface area contributed by atoms with E-state index in [0.717, 1.165) is 12.8 Å². The Bertz CT molecular complexity index is 621. The minimum absolute atomic E-state index is 0.0760. The molecule has 0 spiro atoms. The fraction of sp³-hybridized carbons (Fsp3) is 0.722. The largest absolute Gasteiger partial charge is 0.353 e. The highest BCUT2D eigenvalue weighted by Crippen LogP contribution is 2.26. The van der Waals surface area contributed by atoms with Crippen LogP contribution in [0.2, 0.25) is 0 Å². The number of nitrogens with zero attached hydrogens (tertiary/aromatic N) is 1. The van der Waals surface area contributed by atoms with Gasteiger partial charge in [-0.15, -0.1) is 11.3 Å². The van der Waals surface area contributed by atoms with Crippen LogP contribution in [0.25, 0.3) is 0 Å². The lowest BCUT2D eigenvalue weighted by Crippen LogP contribution is -2.44. The Morgan fingerprint density at radius 2 is 2.04 bits per heavy atom. The number of thiophene rings is 1. The zero-order valence-electron chi connectivity index (χ0n) is 15.2. The SMILES string of the molecule is CCCCCCC(C)NC(=O)C1CCN(S(=O)(=O)c2cccs2)CC1. The van der Waals surface area contributed by atoms with Gasteiger partial charge in [-0.25, -0.2) is 8.42 Å². The molecule has 1 aliphatic heterocycles. The number of amides is 1. The van der Waals surface area contributed by atoms with Crippen molar-refractivity contribution in [1.82, 2.24) is 9.62 Å². The molecule has 2 rings (SSSR count). The molecule has 1 fully saturated rings. The summed E-state index contributed by atoms with van der Waals surface area (Å²) in [5.41, 5.74) is 0. The third-order valence-electron chi connectivity index (χ3n) is 4.79. The van der Waals surface area contributed by atoms with Gasteiger partial charge in [0.1, 0.15) is 4.21 Å². The van der Waals surface area contributed by atoms with Crippen molar-refractivity contribution in [2.24, 2.45) is 5.92 Å². The maximum absolute atomic E-state index is 12.5. The molecule has 1 aliphatic rings. The Hall–Kier alpha value is -0.920. The second kappa shape index (κ2) is 9.69. The van der Waals surface area contributed by atoms with Crippen molar-refractivity contribution in [3.63, 3.8) is 0 Å². The number of rotatable bonds is 9. The zero-order valence-corrected chi connectivity index (χ0v) is 16.9. The first-order chi connectivity index (χ1) is 11.9. The lowest BCUT2D eigenvalue weighted by atomic mass is 9.96. The van der Waals surface area contributed by atoms with E-state index in [-0.39, 0.29) is 17.9 Å². The molecule has 1 aromatic heterocycles. The van der Waals surface area contributed by atoms with Crippen molar-refractivity contribution in [2.75, 3.05) is 13.1 Å². The zero-order chi connectivity index (χ0) is 18.3. The fourth-order valence-electron chi connectivity index (χ4n) is 3.21. The van der Waals surface area contributed by atoms with Gasteiger partial charge in [-0.3, -0.25) is 4.79 Å². The predicted molar refractivity (Wildman–Crippen MR) is 102 cm³/mol. The van der Waals surface area contributed by atoms with E-state index in [1.807, 2.05) is 0 Å². The topological polar surface area (TPSA) is 66.5 Å². The Morgan fingerprint density at radius 1 is 1.32 bits per heavy atom. The van der Waals surface area contributed by atoms with E-state index in [1.54, 1.807) is 17.5 Å². The quantitative estimate of drug-likeness (QED) is 0.659. The number of carbonyl (C=O) groups excluding carboxylic acids is 1. The molecular weight excluding hydrogens is 356 g/mol. The summed E-state index contributed by atoms with van der Waals surface area (Å²) in [6.45, 7) is 5.09. The van der Waals surface area contributed by atoms with E-state index >= 15 is 0 Å². The molecule has 2 heterocycles. The van der Waals surface area contributed by atoms with Crippen molar-refractivity contribution in [3.8, 4) is 0 Å². The van der Waals surface area contributed by atoms with Crippen molar-refractivity contribution in [1.29, 1.82) is 0 Å². The van der Waals surface area contributed by atoms with Gasteiger partial charge in [0.2, 0.25) is 5.91 Å². The second-order valence-electron chi connectivity index (χ2n) is 6.87. The highest BCUT2D eigenvalue weighted by Gasteiger charge is 2.32. The molecule has 1 atom stereocenters. The summed E-state index contributed by atoms with van der Waals surface area (Å²) in [7, 11) is -3.39. The van der Waals surface area contributed by atoms with Gasteiger partial charge < -0.3 is 5.32 Å². The maximum atomic E-state index is 12.5. The van der Waals surface area contributed by atoms with Gasteiger partial charge in [0.05, 0.1) is 0 Å². The lowest BCUT2D eigenvalue weighted by Gasteiger charge is -2.30. The highest BCUT2D eigenvalue weighted by molar-refractivity contribution is 7.91. The first-order valence-corrected chi connectivity index (χ1v) is 11.6.